The average Bonchev–Trinajstić information content (AvgIpc) is 2.91. The lowest BCUT2D eigenvalue weighted by Gasteiger charge is -2.28. The highest BCUT2D eigenvalue weighted by molar-refractivity contribution is 6.36. The maximum Gasteiger partial charge on any atom is 0.239 e. The van der Waals surface area contributed by atoms with Crippen LogP contribution < -0.4 is 16.0 Å². The first-order valence-corrected chi connectivity index (χ1v) is 9.03. The highest BCUT2D eigenvalue weighted by Crippen LogP contribution is 2.33. The van der Waals surface area contributed by atoms with Crippen molar-refractivity contribution in [2.24, 2.45) is 11.7 Å². The number of hydrogen-bond acceptors (Lipinski definition) is 3. The number of hydrogen-bond donors (Lipinski definition) is 2. The zero-order chi connectivity index (χ0) is 17.3. The summed E-state index contributed by atoms with van der Waals surface area (Å²) >= 11 is 12.2. The van der Waals surface area contributed by atoms with Crippen molar-refractivity contribution in [1.29, 1.82) is 0 Å². The number of amides is 2. The summed E-state index contributed by atoms with van der Waals surface area (Å²) in [4.78, 5) is 26.7. The molecule has 7 heteroatoms. The lowest BCUT2D eigenvalue weighted by molar-refractivity contribution is -0.132. The van der Waals surface area contributed by atoms with Crippen molar-refractivity contribution in [3.8, 4) is 0 Å². The Bertz CT molecular complexity index is 653. The zero-order valence-corrected chi connectivity index (χ0v) is 14.8. The molecule has 1 aromatic carbocycles. The fourth-order valence-corrected chi connectivity index (χ4v) is 3.90. The number of carbonyl (C=O) groups excluding carboxylic acids is 2. The smallest absolute Gasteiger partial charge is 0.239 e. The molecule has 1 saturated carbocycles. The van der Waals surface area contributed by atoms with E-state index in [0.717, 1.165) is 25.7 Å². The van der Waals surface area contributed by atoms with E-state index in [1.54, 1.807) is 23.1 Å². The fraction of sp³-hybridized carbons (Fsp3) is 0.529. The second-order valence-corrected chi connectivity index (χ2v) is 7.40. The van der Waals surface area contributed by atoms with Gasteiger partial charge in [-0.25, -0.2) is 0 Å². The Kier molecular flexibility index (Phi) is 5.33. The largest absolute Gasteiger partial charge is 0.353 e. The standard InChI is InChI=1S/C17H21Cl2N3O2/c18-10-4-5-14(19)15(8-10)22-7-6-13(17(22)24)16(23)21-12-3-1-2-11(20)9-12/h4-5,8,11-13H,1-3,6-7,9,20H2,(H,21,23). The van der Waals surface area contributed by atoms with E-state index in [-0.39, 0.29) is 23.9 Å². The monoisotopic (exact) mass is 369 g/mol. The van der Waals surface area contributed by atoms with Crippen LogP contribution in [0.2, 0.25) is 10.0 Å². The molecule has 130 valence electrons. The van der Waals surface area contributed by atoms with Crippen LogP contribution in [0.15, 0.2) is 18.2 Å². The van der Waals surface area contributed by atoms with E-state index in [4.69, 9.17) is 28.9 Å². The van der Waals surface area contributed by atoms with Crippen LogP contribution in [0.4, 0.5) is 5.69 Å². The summed E-state index contributed by atoms with van der Waals surface area (Å²) in [6.45, 7) is 0.459. The number of anilines is 1. The van der Waals surface area contributed by atoms with E-state index >= 15 is 0 Å². The van der Waals surface area contributed by atoms with Gasteiger partial charge in [-0.3, -0.25) is 9.59 Å². The molecular weight excluding hydrogens is 349 g/mol. The van der Waals surface area contributed by atoms with Gasteiger partial charge in [0.1, 0.15) is 5.92 Å². The van der Waals surface area contributed by atoms with Crippen molar-refractivity contribution in [3.63, 3.8) is 0 Å². The Balaban J connectivity index is 1.67. The van der Waals surface area contributed by atoms with Crippen LogP contribution in [0.25, 0.3) is 0 Å². The Labute approximate surface area is 151 Å². The van der Waals surface area contributed by atoms with Gasteiger partial charge in [-0.2, -0.15) is 0 Å². The van der Waals surface area contributed by atoms with Crippen LogP contribution in [-0.2, 0) is 9.59 Å². The maximum atomic E-state index is 12.7. The van der Waals surface area contributed by atoms with E-state index in [1.165, 1.54) is 0 Å². The van der Waals surface area contributed by atoms with E-state index < -0.39 is 5.92 Å². The van der Waals surface area contributed by atoms with E-state index in [0.29, 0.717) is 28.7 Å². The minimum Gasteiger partial charge on any atom is -0.353 e. The number of nitrogens with one attached hydrogen (secondary N) is 1. The van der Waals surface area contributed by atoms with Crippen molar-refractivity contribution in [3.05, 3.63) is 28.2 Å². The van der Waals surface area contributed by atoms with E-state index in [2.05, 4.69) is 5.32 Å². The third-order valence-electron chi connectivity index (χ3n) is 4.78. The molecule has 0 aromatic heterocycles. The molecule has 1 heterocycles. The molecule has 1 aliphatic carbocycles. The first-order valence-electron chi connectivity index (χ1n) is 8.28. The summed E-state index contributed by atoms with van der Waals surface area (Å²) in [6.07, 6.45) is 4.18. The van der Waals surface area contributed by atoms with Gasteiger partial charge in [0.25, 0.3) is 0 Å². The molecule has 0 spiro atoms. The SMILES string of the molecule is NC1CCCC(NC(=O)C2CCN(c3cc(Cl)ccc3Cl)C2=O)C1. The van der Waals surface area contributed by atoms with E-state index in [1.807, 2.05) is 0 Å². The molecule has 5 nitrogen and oxygen atoms in total. The quantitative estimate of drug-likeness (QED) is 0.804. The highest BCUT2D eigenvalue weighted by Gasteiger charge is 2.39. The summed E-state index contributed by atoms with van der Waals surface area (Å²) < 4.78 is 0. The van der Waals surface area contributed by atoms with Crippen LogP contribution in [0, 0.1) is 5.92 Å². The minimum absolute atomic E-state index is 0.0675. The number of rotatable bonds is 3. The average molecular weight is 370 g/mol. The normalized spacial score (nSPS) is 27.4. The van der Waals surface area contributed by atoms with Crippen LogP contribution in [0.1, 0.15) is 32.1 Å². The molecule has 1 saturated heterocycles. The molecule has 1 aliphatic heterocycles. The fourth-order valence-electron chi connectivity index (χ4n) is 3.52. The van der Waals surface area contributed by atoms with Gasteiger partial charge >= 0.3 is 0 Å². The summed E-state index contributed by atoms with van der Waals surface area (Å²) in [6, 6.07) is 5.18. The lowest BCUT2D eigenvalue weighted by Crippen LogP contribution is -2.46. The molecule has 3 unspecified atom stereocenters. The number of halogens is 2. The second kappa shape index (κ2) is 7.30. The summed E-state index contributed by atoms with van der Waals surface area (Å²) in [5.74, 6) is -1.10. The van der Waals surface area contributed by atoms with Crippen molar-refractivity contribution in [2.75, 3.05) is 11.4 Å². The molecule has 0 radical (unpaired) electrons. The van der Waals surface area contributed by atoms with Gasteiger partial charge in [0, 0.05) is 23.7 Å². The van der Waals surface area contributed by atoms with Crippen molar-refractivity contribution in [1.82, 2.24) is 5.32 Å². The summed E-state index contributed by atoms with van der Waals surface area (Å²) in [5, 5.41) is 3.95. The van der Waals surface area contributed by atoms with Gasteiger partial charge in [-0.05, 0) is 50.3 Å². The van der Waals surface area contributed by atoms with Crippen LogP contribution in [0.3, 0.4) is 0 Å². The van der Waals surface area contributed by atoms with Gasteiger partial charge in [0.2, 0.25) is 11.8 Å². The minimum atomic E-state index is -0.668. The van der Waals surface area contributed by atoms with Gasteiger partial charge in [-0.15, -0.1) is 0 Å². The number of nitrogens with two attached hydrogens (primary N) is 1. The van der Waals surface area contributed by atoms with Crippen molar-refractivity contribution in [2.45, 2.75) is 44.2 Å². The van der Waals surface area contributed by atoms with Crippen molar-refractivity contribution < 1.29 is 9.59 Å². The highest BCUT2D eigenvalue weighted by atomic mass is 35.5. The Morgan fingerprint density at radius 3 is 2.79 bits per heavy atom. The lowest BCUT2D eigenvalue weighted by atomic mass is 9.91. The Morgan fingerprint density at radius 1 is 1.25 bits per heavy atom. The molecule has 2 aliphatic rings. The predicted octanol–water partition coefficient (Wildman–Crippen LogP) is 2.73. The van der Waals surface area contributed by atoms with Gasteiger partial charge in [0.05, 0.1) is 10.7 Å². The Morgan fingerprint density at radius 2 is 2.04 bits per heavy atom. The number of nitrogens with zero attached hydrogens (tertiary/aromatic N) is 1. The topological polar surface area (TPSA) is 75.4 Å². The molecule has 3 rings (SSSR count). The van der Waals surface area contributed by atoms with Crippen LogP contribution in [0.5, 0.6) is 0 Å². The molecular formula is C17H21Cl2N3O2. The molecule has 24 heavy (non-hydrogen) atoms. The zero-order valence-electron chi connectivity index (χ0n) is 13.3. The summed E-state index contributed by atoms with van der Waals surface area (Å²) in [5.41, 5.74) is 6.52. The molecule has 2 fully saturated rings. The number of benzene rings is 1. The molecule has 3 N–H and O–H groups in total. The van der Waals surface area contributed by atoms with E-state index in [9.17, 15) is 9.59 Å². The third kappa shape index (κ3) is 3.68. The first-order chi connectivity index (χ1) is 11.5. The predicted molar refractivity (Wildman–Crippen MR) is 95.3 cm³/mol. The second-order valence-electron chi connectivity index (χ2n) is 6.56. The van der Waals surface area contributed by atoms with Gasteiger partial charge in [0.15, 0.2) is 0 Å². The molecule has 2 amide bonds. The summed E-state index contributed by atoms with van der Waals surface area (Å²) in [7, 11) is 0. The maximum absolute atomic E-state index is 12.7. The van der Waals surface area contributed by atoms with Crippen molar-refractivity contribution >= 4 is 40.7 Å². The molecule has 3 atom stereocenters. The van der Waals surface area contributed by atoms with Gasteiger partial charge in [-0.1, -0.05) is 23.2 Å². The first kappa shape index (κ1) is 17.5. The Hall–Kier alpha value is -1.30. The third-order valence-corrected chi connectivity index (χ3v) is 5.34. The van der Waals surface area contributed by atoms with Crippen LogP contribution >= 0.6 is 23.2 Å². The van der Waals surface area contributed by atoms with Crippen LogP contribution in [-0.4, -0.2) is 30.4 Å². The molecule has 0 bridgehead atoms. The number of carbonyl (C=O) groups is 2. The molecule has 1 aromatic rings. The van der Waals surface area contributed by atoms with Gasteiger partial charge < -0.3 is 16.0 Å².